The standard InChI is InChI=1S/C6H6.H2I2Si/c1-2-4-6-5-3-1;1-3-2/h1-6H;3H2. The lowest BCUT2D eigenvalue weighted by Crippen LogP contribution is -1.47. The van der Waals surface area contributed by atoms with Gasteiger partial charge in [-0.25, -0.2) is 0 Å². The van der Waals surface area contributed by atoms with Gasteiger partial charge in [0, 0.05) is 0 Å². The third-order valence-corrected chi connectivity index (χ3v) is 0.667. The molecule has 0 spiro atoms. The van der Waals surface area contributed by atoms with Crippen molar-refractivity contribution in [2.45, 2.75) is 0 Å². The molecule has 0 heterocycles. The molecule has 1 aromatic carbocycles. The smallest absolute Gasteiger partial charge is 0.114 e. The maximum atomic E-state index is 2.41. The molecule has 0 bridgehead atoms. The van der Waals surface area contributed by atoms with Gasteiger partial charge in [-0.1, -0.05) is 36.4 Å². The Morgan fingerprint density at radius 1 is 0.667 bits per heavy atom. The van der Waals surface area contributed by atoms with Crippen molar-refractivity contribution in [1.29, 1.82) is 0 Å². The molecule has 1 aromatic rings. The van der Waals surface area contributed by atoms with E-state index in [4.69, 9.17) is 0 Å². The highest BCUT2D eigenvalue weighted by molar-refractivity contribution is 14.3. The molecule has 0 atom stereocenters. The molecule has 9 heavy (non-hydrogen) atoms. The molecule has 0 N–H and O–H groups in total. The van der Waals surface area contributed by atoms with E-state index in [0.717, 1.165) is 0 Å². The van der Waals surface area contributed by atoms with E-state index in [0.29, 0.717) is 4.51 Å². The molecule has 0 aromatic heterocycles. The normalized spacial score (nSPS) is 7.33. The SMILES string of the molecule is I[SiH2]I.c1ccccc1. The molecule has 0 fully saturated rings. The van der Waals surface area contributed by atoms with Crippen molar-refractivity contribution in [3.63, 3.8) is 0 Å². The van der Waals surface area contributed by atoms with Gasteiger partial charge in [-0.05, 0) is 0 Å². The number of rotatable bonds is 0. The molecule has 0 unspecified atom stereocenters. The molecular formula is C6H8I2Si. The summed E-state index contributed by atoms with van der Waals surface area (Å²) in [5.41, 5.74) is 0. The Bertz CT molecular complexity index is 93.9. The van der Waals surface area contributed by atoms with Crippen LogP contribution in [0.2, 0.25) is 0 Å². The minimum Gasteiger partial charge on any atom is -0.114 e. The summed E-state index contributed by atoms with van der Waals surface area (Å²) in [6.45, 7) is 0. The molecule has 0 radical (unpaired) electrons. The molecule has 0 aliphatic heterocycles. The number of halogens is 2. The van der Waals surface area contributed by atoms with E-state index in [9.17, 15) is 0 Å². The maximum absolute atomic E-state index is 2.41. The number of benzene rings is 1. The van der Waals surface area contributed by atoms with Gasteiger partial charge in [-0.2, -0.15) is 0 Å². The number of hydrogen-bond acceptors (Lipinski definition) is 0. The second kappa shape index (κ2) is 8.90. The fourth-order valence-corrected chi connectivity index (χ4v) is 0.385. The van der Waals surface area contributed by atoms with Gasteiger partial charge in [0.15, 0.2) is 4.51 Å². The van der Waals surface area contributed by atoms with Gasteiger partial charge in [-0.15, -0.1) is 43.6 Å². The Morgan fingerprint density at radius 3 is 0.889 bits per heavy atom. The molecule has 0 aliphatic rings. The first-order chi connectivity index (χ1) is 4.41. The summed E-state index contributed by atoms with van der Waals surface area (Å²) in [6, 6.07) is 12.0. The first kappa shape index (κ1) is 9.90. The highest BCUT2D eigenvalue weighted by atomic mass is 127. The third kappa shape index (κ3) is 8.90. The van der Waals surface area contributed by atoms with Crippen LogP contribution in [0.1, 0.15) is 0 Å². The quantitative estimate of drug-likeness (QED) is 0.378. The minimum absolute atomic E-state index is 0.357. The van der Waals surface area contributed by atoms with Crippen LogP contribution in [0, 0.1) is 0 Å². The first-order valence-electron chi connectivity index (χ1n) is 2.53. The highest BCUT2D eigenvalue weighted by Gasteiger charge is 1.57. The zero-order chi connectivity index (χ0) is 6.95. The van der Waals surface area contributed by atoms with Crippen molar-refractivity contribution in [1.82, 2.24) is 0 Å². The second-order valence-corrected chi connectivity index (χ2v) is 14.8. The topological polar surface area (TPSA) is 0 Å². The zero-order valence-electron chi connectivity index (χ0n) is 4.93. The lowest BCUT2D eigenvalue weighted by Gasteiger charge is -1.69. The Morgan fingerprint density at radius 2 is 0.778 bits per heavy atom. The largest absolute Gasteiger partial charge is 0.162 e. The third-order valence-electron chi connectivity index (χ3n) is 0.667. The summed E-state index contributed by atoms with van der Waals surface area (Å²) in [4.78, 5) is 0. The van der Waals surface area contributed by atoms with Crippen LogP contribution >= 0.6 is 43.6 Å². The van der Waals surface area contributed by atoms with Crippen LogP contribution in [0.25, 0.3) is 0 Å². The van der Waals surface area contributed by atoms with Crippen LogP contribution in [0.5, 0.6) is 0 Å². The van der Waals surface area contributed by atoms with Crippen LogP contribution in [0.15, 0.2) is 36.4 Å². The predicted octanol–water partition coefficient (Wildman–Crippen LogP) is 2.54. The fourth-order valence-electron chi connectivity index (χ4n) is 0.385. The van der Waals surface area contributed by atoms with Crippen LogP contribution in [0.3, 0.4) is 0 Å². The second-order valence-electron chi connectivity index (χ2n) is 1.26. The average molecular weight is 362 g/mol. The fraction of sp³-hybridized carbons (Fsp3) is 0. The molecule has 50 valence electrons. The maximum Gasteiger partial charge on any atom is 0.162 e. The van der Waals surface area contributed by atoms with E-state index in [1.807, 2.05) is 36.4 Å². The Labute approximate surface area is 83.7 Å². The van der Waals surface area contributed by atoms with E-state index in [-0.39, 0.29) is 0 Å². The monoisotopic (exact) mass is 362 g/mol. The van der Waals surface area contributed by atoms with Crippen molar-refractivity contribution >= 4 is 48.1 Å². The molecule has 0 saturated carbocycles. The van der Waals surface area contributed by atoms with Crippen LogP contribution in [-0.2, 0) is 0 Å². The zero-order valence-corrected chi connectivity index (χ0v) is 10.7. The summed E-state index contributed by atoms with van der Waals surface area (Å²) in [5, 5.41) is 0. The first-order valence-corrected chi connectivity index (χ1v) is 12.8. The van der Waals surface area contributed by atoms with Crippen molar-refractivity contribution in [2.24, 2.45) is 0 Å². The molecule has 0 nitrogen and oxygen atoms in total. The molecule has 0 aliphatic carbocycles. The molecule has 1 rings (SSSR count). The van der Waals surface area contributed by atoms with Gasteiger partial charge in [0.25, 0.3) is 0 Å². The van der Waals surface area contributed by atoms with E-state index in [1.54, 1.807) is 0 Å². The van der Waals surface area contributed by atoms with Crippen molar-refractivity contribution in [2.75, 3.05) is 0 Å². The Balaban J connectivity index is 0.000000187. The lowest BCUT2D eigenvalue weighted by molar-refractivity contribution is 1.72. The summed E-state index contributed by atoms with van der Waals surface area (Å²) in [7, 11) is 0. The van der Waals surface area contributed by atoms with Crippen LogP contribution in [0.4, 0.5) is 0 Å². The van der Waals surface area contributed by atoms with Gasteiger partial charge in [0.05, 0.1) is 0 Å². The molecule has 3 heteroatoms. The average Bonchev–Trinajstić information content (AvgIpc) is 1.93. The van der Waals surface area contributed by atoms with Gasteiger partial charge < -0.3 is 0 Å². The van der Waals surface area contributed by atoms with E-state index in [2.05, 4.69) is 43.6 Å². The van der Waals surface area contributed by atoms with Gasteiger partial charge in [0.2, 0.25) is 0 Å². The molecule has 0 amide bonds. The summed E-state index contributed by atoms with van der Waals surface area (Å²) in [5.74, 6) is 0. The predicted molar refractivity (Wildman–Crippen MR) is 63.0 cm³/mol. The molecule has 0 saturated heterocycles. The van der Waals surface area contributed by atoms with E-state index in [1.165, 1.54) is 0 Å². The van der Waals surface area contributed by atoms with Gasteiger partial charge >= 0.3 is 0 Å². The molecular weight excluding hydrogens is 354 g/mol. The lowest BCUT2D eigenvalue weighted by atomic mass is 10.4. The van der Waals surface area contributed by atoms with E-state index < -0.39 is 0 Å². The summed E-state index contributed by atoms with van der Waals surface area (Å²) >= 11 is 4.83. The van der Waals surface area contributed by atoms with Gasteiger partial charge in [-0.3, -0.25) is 0 Å². The number of hydrogen-bond donors (Lipinski definition) is 0. The Kier molecular flexibility index (Phi) is 9.78. The van der Waals surface area contributed by atoms with Crippen molar-refractivity contribution in [3.05, 3.63) is 36.4 Å². The highest BCUT2D eigenvalue weighted by Crippen LogP contribution is 1.80. The van der Waals surface area contributed by atoms with Crippen LogP contribution < -0.4 is 0 Å². The van der Waals surface area contributed by atoms with E-state index >= 15 is 0 Å². The van der Waals surface area contributed by atoms with Crippen LogP contribution in [-0.4, -0.2) is 4.51 Å². The summed E-state index contributed by atoms with van der Waals surface area (Å²) in [6.07, 6.45) is 0. The van der Waals surface area contributed by atoms with Crippen molar-refractivity contribution in [3.8, 4) is 0 Å². The summed E-state index contributed by atoms with van der Waals surface area (Å²) < 4.78 is 0.357. The van der Waals surface area contributed by atoms with Crippen molar-refractivity contribution < 1.29 is 0 Å². The van der Waals surface area contributed by atoms with Gasteiger partial charge in [0.1, 0.15) is 0 Å². The Hall–Kier alpha value is 0.897. The minimum atomic E-state index is 0.357.